The van der Waals surface area contributed by atoms with Crippen molar-refractivity contribution >= 4 is 17.4 Å². The van der Waals surface area contributed by atoms with E-state index in [0.717, 1.165) is 22.3 Å². The zero-order chi connectivity index (χ0) is 28.1. The van der Waals surface area contributed by atoms with Crippen molar-refractivity contribution in [1.29, 1.82) is 0 Å². The van der Waals surface area contributed by atoms with E-state index in [0.29, 0.717) is 34.4 Å². The molecule has 0 spiro atoms. The van der Waals surface area contributed by atoms with Crippen molar-refractivity contribution in [2.75, 3.05) is 5.32 Å². The largest absolute Gasteiger partial charge is 0.710 e. The molecule has 1 saturated carbocycles. The molecular formula is C31H29F2N3O3. The number of H-pyrrole nitrogens is 1. The molecule has 1 heterocycles. The molecule has 0 saturated heterocycles. The third kappa shape index (κ3) is 4.94. The number of aromatic amines is 1. The van der Waals surface area contributed by atoms with Gasteiger partial charge in [0, 0.05) is 29.7 Å². The number of nitrogens with zero attached hydrogens (tertiary/aromatic N) is 1. The van der Waals surface area contributed by atoms with Gasteiger partial charge < -0.3 is 10.5 Å². The topological polar surface area (TPSA) is 88.9 Å². The molecule has 0 bridgehead atoms. The van der Waals surface area contributed by atoms with Crippen molar-refractivity contribution in [3.63, 3.8) is 0 Å². The van der Waals surface area contributed by atoms with Gasteiger partial charge in [-0.3, -0.25) is 9.59 Å². The summed E-state index contributed by atoms with van der Waals surface area (Å²) in [6, 6.07) is 16.7. The maximum atomic E-state index is 14.6. The highest BCUT2D eigenvalue weighted by atomic mass is 19.3. The number of halogens is 2. The quantitative estimate of drug-likeness (QED) is 0.156. The number of aryl methyl sites for hydroxylation is 3. The minimum Gasteiger partial charge on any atom is -0.710 e. The highest BCUT2D eigenvalue weighted by Gasteiger charge is 2.48. The summed E-state index contributed by atoms with van der Waals surface area (Å²) in [5.41, 5.74) is 4.79. The molecule has 0 aliphatic heterocycles. The molecule has 1 fully saturated rings. The summed E-state index contributed by atoms with van der Waals surface area (Å²) < 4.78 is 29.7. The third-order valence-electron chi connectivity index (χ3n) is 7.26. The Kier molecular flexibility index (Phi) is 6.58. The summed E-state index contributed by atoms with van der Waals surface area (Å²) in [7, 11) is 0. The number of alkyl halides is 2. The van der Waals surface area contributed by atoms with E-state index >= 15 is 0 Å². The molecule has 1 aromatic heterocycles. The highest BCUT2D eigenvalue weighted by Crippen LogP contribution is 2.49. The Bertz CT molecular complexity index is 1600. The van der Waals surface area contributed by atoms with Crippen molar-refractivity contribution in [3.8, 4) is 22.5 Å². The Morgan fingerprint density at radius 2 is 1.62 bits per heavy atom. The van der Waals surface area contributed by atoms with Crippen LogP contribution in [0.2, 0.25) is 0 Å². The van der Waals surface area contributed by atoms with E-state index in [9.17, 15) is 23.6 Å². The zero-order valence-corrected chi connectivity index (χ0v) is 22.2. The van der Waals surface area contributed by atoms with Crippen molar-refractivity contribution < 1.29 is 23.1 Å². The number of nitrogens with one attached hydrogen (secondary N) is 2. The number of aromatic nitrogens is 2. The van der Waals surface area contributed by atoms with Crippen LogP contribution in [0.4, 0.5) is 14.5 Å². The van der Waals surface area contributed by atoms with Crippen molar-refractivity contribution in [2.45, 2.75) is 46.5 Å². The Morgan fingerprint density at radius 1 is 0.974 bits per heavy atom. The Hall–Kier alpha value is -4.33. The highest BCUT2D eigenvalue weighted by molar-refractivity contribution is 6.03. The van der Waals surface area contributed by atoms with Crippen LogP contribution in [-0.4, -0.2) is 16.7 Å². The van der Waals surface area contributed by atoms with Crippen molar-refractivity contribution in [3.05, 3.63) is 99.5 Å². The van der Waals surface area contributed by atoms with Crippen LogP contribution < -0.4 is 10.0 Å². The number of imidazole rings is 1. The lowest BCUT2D eigenvalue weighted by molar-refractivity contribution is -0.594. The molecule has 1 aliphatic rings. The number of anilines is 1. The third-order valence-corrected chi connectivity index (χ3v) is 7.26. The number of hydrogen-bond donors (Lipinski definition) is 2. The summed E-state index contributed by atoms with van der Waals surface area (Å²) in [5.74, 6) is -4.44. The lowest BCUT2D eigenvalue weighted by atomic mass is 9.92. The fourth-order valence-electron chi connectivity index (χ4n) is 5.06. The number of carbonyl (C=O) groups is 2. The Morgan fingerprint density at radius 3 is 2.26 bits per heavy atom. The minimum absolute atomic E-state index is 0.0993. The van der Waals surface area contributed by atoms with Crippen LogP contribution in [0, 0.1) is 31.9 Å². The summed E-state index contributed by atoms with van der Waals surface area (Å²) >= 11 is 0. The molecule has 0 unspecified atom stereocenters. The molecule has 1 aliphatic carbocycles. The summed E-state index contributed by atoms with van der Waals surface area (Å²) in [6.45, 7) is 7.00. The zero-order valence-electron chi connectivity index (χ0n) is 22.2. The first-order valence-corrected chi connectivity index (χ1v) is 12.8. The normalized spacial score (nSPS) is 13.4. The predicted octanol–water partition coefficient (Wildman–Crippen LogP) is 6.86. The smallest absolute Gasteiger partial charge is 0.300 e. The van der Waals surface area contributed by atoms with Gasteiger partial charge in [0.2, 0.25) is 5.69 Å². The molecule has 3 aromatic carbocycles. The van der Waals surface area contributed by atoms with Gasteiger partial charge in [-0.2, -0.15) is 0 Å². The van der Waals surface area contributed by atoms with Gasteiger partial charge in [0.05, 0.1) is 5.56 Å². The lowest BCUT2D eigenvalue weighted by Gasteiger charge is -2.17. The van der Waals surface area contributed by atoms with E-state index in [4.69, 9.17) is 0 Å². The van der Waals surface area contributed by atoms with Gasteiger partial charge in [0.1, 0.15) is 0 Å². The summed E-state index contributed by atoms with van der Waals surface area (Å²) in [6.07, 6.45) is 0.947. The number of benzene rings is 3. The number of Topliss-reactive ketones (excluding diaryl/α,β-unsaturated/α-hetero) is 1. The van der Waals surface area contributed by atoms with Crippen LogP contribution in [0.3, 0.4) is 0 Å². The number of carbonyl (C=O) groups excluding carboxylic acids is 2. The SMILES string of the molecule is CC(=O)c1cc(-c2c(C)cccc2C)cc(-c2[nH]c(C)c(C(=O)Nc3cccc(C(F)(F)C4CC4)c3)[n+]2[O-])c1. The van der Waals surface area contributed by atoms with Gasteiger partial charge >= 0.3 is 0 Å². The van der Waals surface area contributed by atoms with Crippen LogP contribution in [0.25, 0.3) is 22.5 Å². The molecule has 5 rings (SSSR count). The second-order valence-corrected chi connectivity index (χ2v) is 10.3. The molecule has 200 valence electrons. The van der Waals surface area contributed by atoms with E-state index in [2.05, 4.69) is 10.3 Å². The van der Waals surface area contributed by atoms with Gasteiger partial charge in [-0.1, -0.05) is 30.3 Å². The van der Waals surface area contributed by atoms with Gasteiger partial charge in [-0.05, 0) is 86.2 Å². The second-order valence-electron chi connectivity index (χ2n) is 10.3. The molecule has 1 amide bonds. The van der Waals surface area contributed by atoms with E-state index in [-0.39, 0.29) is 28.6 Å². The van der Waals surface area contributed by atoms with Crippen LogP contribution in [-0.2, 0) is 5.92 Å². The maximum Gasteiger partial charge on any atom is 0.300 e. The van der Waals surface area contributed by atoms with E-state index < -0.39 is 17.7 Å². The van der Waals surface area contributed by atoms with Crippen molar-refractivity contribution in [1.82, 2.24) is 4.98 Å². The maximum absolute atomic E-state index is 14.6. The van der Waals surface area contributed by atoms with Crippen LogP contribution in [0.15, 0.2) is 60.7 Å². The first-order valence-electron chi connectivity index (χ1n) is 12.8. The molecular weight excluding hydrogens is 500 g/mol. The number of amides is 1. The molecule has 0 radical (unpaired) electrons. The molecule has 2 N–H and O–H groups in total. The second kappa shape index (κ2) is 9.76. The molecule has 6 nitrogen and oxygen atoms in total. The summed E-state index contributed by atoms with van der Waals surface area (Å²) in [4.78, 5) is 28.5. The van der Waals surface area contributed by atoms with E-state index in [1.54, 1.807) is 19.1 Å². The first kappa shape index (κ1) is 26.3. The standard InChI is InChI=1S/C31H29F2N3O3/c1-17-7-5-8-18(2)27(17)22-13-21(20(4)37)14-23(15-22)29-34-19(3)28(36(29)39)30(38)35-26-10-6-9-25(16-26)31(32,33)24-11-12-24/h5-10,13-16,24,34H,11-12H2,1-4H3,(H,35,38). The lowest BCUT2D eigenvalue weighted by Crippen LogP contribution is -2.36. The molecule has 8 heteroatoms. The van der Waals surface area contributed by atoms with Crippen LogP contribution in [0.5, 0.6) is 0 Å². The van der Waals surface area contributed by atoms with Gasteiger partial charge in [-0.25, -0.2) is 18.5 Å². The first-order chi connectivity index (χ1) is 18.5. The van der Waals surface area contributed by atoms with E-state index in [1.165, 1.54) is 31.2 Å². The number of ketones is 1. The Balaban J connectivity index is 1.52. The molecule has 0 atom stereocenters. The minimum atomic E-state index is -2.97. The number of rotatable bonds is 7. The molecule has 39 heavy (non-hydrogen) atoms. The number of hydrogen-bond acceptors (Lipinski definition) is 3. The van der Waals surface area contributed by atoms with E-state index in [1.807, 2.05) is 38.1 Å². The van der Waals surface area contributed by atoms with Gasteiger partial charge in [0.25, 0.3) is 17.7 Å². The van der Waals surface area contributed by atoms with Crippen LogP contribution >= 0.6 is 0 Å². The average molecular weight is 530 g/mol. The monoisotopic (exact) mass is 529 g/mol. The van der Waals surface area contributed by atoms with Gasteiger partial charge in [-0.15, -0.1) is 0 Å². The average Bonchev–Trinajstić information content (AvgIpc) is 3.69. The van der Waals surface area contributed by atoms with Crippen molar-refractivity contribution in [2.24, 2.45) is 5.92 Å². The Labute approximate surface area is 225 Å². The fourth-order valence-corrected chi connectivity index (χ4v) is 5.06. The summed E-state index contributed by atoms with van der Waals surface area (Å²) in [5, 5.41) is 16.0. The van der Waals surface area contributed by atoms with Crippen LogP contribution in [0.1, 0.15) is 63.0 Å². The fraction of sp³-hybridized carbons (Fsp3) is 0.258. The van der Waals surface area contributed by atoms with Gasteiger partial charge in [0.15, 0.2) is 11.5 Å². The molecule has 4 aromatic rings. The predicted molar refractivity (Wildman–Crippen MR) is 146 cm³/mol.